The van der Waals surface area contributed by atoms with E-state index in [1.165, 1.54) is 0 Å². The van der Waals surface area contributed by atoms with E-state index in [1.54, 1.807) is 6.20 Å². The van der Waals surface area contributed by atoms with Crippen LogP contribution in [0.15, 0.2) is 24.5 Å². The first-order valence-electron chi connectivity index (χ1n) is 7.55. The molecule has 5 heteroatoms. The minimum atomic E-state index is -0.207. The number of hydrogen-bond donors (Lipinski definition) is 1. The fourth-order valence-corrected chi connectivity index (χ4v) is 2.23. The van der Waals surface area contributed by atoms with Gasteiger partial charge < -0.3 is 14.6 Å². The summed E-state index contributed by atoms with van der Waals surface area (Å²) < 4.78 is 7.09. The van der Waals surface area contributed by atoms with Crippen LogP contribution in [0, 0.1) is 0 Å². The highest BCUT2D eigenvalue weighted by atomic mass is 16.5. The summed E-state index contributed by atoms with van der Waals surface area (Å²) in [6.07, 6.45) is 5.66. The van der Waals surface area contributed by atoms with Crippen molar-refractivity contribution < 1.29 is 9.53 Å². The first-order valence-corrected chi connectivity index (χ1v) is 7.55. The van der Waals surface area contributed by atoms with Crippen LogP contribution in [0.25, 0.3) is 11.0 Å². The smallest absolute Gasteiger partial charge is 0.326 e. The zero-order valence-electron chi connectivity index (χ0n) is 12.8. The highest BCUT2D eigenvalue weighted by Gasteiger charge is 2.12. The topological polar surface area (TPSA) is 56.1 Å². The second-order valence-electron chi connectivity index (χ2n) is 5.01. The van der Waals surface area contributed by atoms with E-state index in [4.69, 9.17) is 4.74 Å². The van der Waals surface area contributed by atoms with Crippen molar-refractivity contribution in [2.45, 2.75) is 39.8 Å². The summed E-state index contributed by atoms with van der Waals surface area (Å²) in [6, 6.07) is 3.95. The number of nitrogens with one attached hydrogen (secondary N) is 1. The minimum Gasteiger partial charge on any atom is -0.464 e. The molecule has 0 spiro atoms. The number of fused-ring (bicyclic) bond motifs is 1. The van der Waals surface area contributed by atoms with Crippen LogP contribution in [0.5, 0.6) is 0 Å². The lowest BCUT2D eigenvalue weighted by Gasteiger charge is -2.05. The third-order valence-corrected chi connectivity index (χ3v) is 3.34. The van der Waals surface area contributed by atoms with Crippen LogP contribution in [0.4, 0.5) is 0 Å². The van der Waals surface area contributed by atoms with Crippen LogP contribution in [0.3, 0.4) is 0 Å². The van der Waals surface area contributed by atoms with Gasteiger partial charge in [0.2, 0.25) is 0 Å². The number of nitrogens with zero attached hydrogens (tertiary/aromatic N) is 2. The summed E-state index contributed by atoms with van der Waals surface area (Å²) in [5, 5.41) is 4.39. The molecule has 0 unspecified atom stereocenters. The van der Waals surface area contributed by atoms with Gasteiger partial charge in [-0.1, -0.05) is 20.3 Å². The van der Waals surface area contributed by atoms with Gasteiger partial charge in [-0.2, -0.15) is 0 Å². The Morgan fingerprint density at radius 1 is 1.43 bits per heavy atom. The first kappa shape index (κ1) is 15.5. The summed E-state index contributed by atoms with van der Waals surface area (Å²) in [5.41, 5.74) is 1.99. The van der Waals surface area contributed by atoms with E-state index in [0.29, 0.717) is 6.61 Å². The molecule has 0 fully saturated rings. The first-order chi connectivity index (χ1) is 10.3. The predicted octanol–water partition coefficient (Wildman–Crippen LogP) is 2.49. The molecule has 5 nitrogen and oxygen atoms in total. The number of carbonyl (C=O) groups excluding carboxylic acids is 1. The molecule has 0 bridgehead atoms. The quantitative estimate of drug-likeness (QED) is 0.599. The summed E-state index contributed by atoms with van der Waals surface area (Å²) in [5.74, 6) is -0.207. The maximum atomic E-state index is 11.9. The van der Waals surface area contributed by atoms with Gasteiger partial charge in [-0.3, -0.25) is 4.79 Å². The molecule has 0 aliphatic heterocycles. The number of esters is 1. The van der Waals surface area contributed by atoms with Crippen molar-refractivity contribution >= 4 is 17.0 Å². The molecule has 0 saturated carbocycles. The Bertz CT molecular complexity index is 592. The summed E-state index contributed by atoms with van der Waals surface area (Å²) in [7, 11) is 0. The van der Waals surface area contributed by atoms with Gasteiger partial charge in [0, 0.05) is 24.3 Å². The SMILES string of the molecule is CCCCOC(=O)Cn1cc(CNCC)c2cccnc21. The third-order valence-electron chi connectivity index (χ3n) is 3.34. The standard InChI is InChI=1S/C16H23N3O2/c1-3-5-9-21-15(20)12-19-11-13(10-17-4-2)14-7-6-8-18-16(14)19/h6-8,11,17H,3-5,9-10,12H2,1-2H3. The van der Waals surface area contributed by atoms with E-state index < -0.39 is 0 Å². The predicted molar refractivity (Wildman–Crippen MR) is 83.0 cm³/mol. The lowest BCUT2D eigenvalue weighted by atomic mass is 10.2. The summed E-state index contributed by atoms with van der Waals surface area (Å²) in [6.45, 7) is 6.53. The second-order valence-corrected chi connectivity index (χ2v) is 5.01. The average molecular weight is 289 g/mol. The van der Waals surface area contributed by atoms with E-state index in [2.05, 4.69) is 24.1 Å². The maximum absolute atomic E-state index is 11.9. The van der Waals surface area contributed by atoms with E-state index in [-0.39, 0.29) is 12.5 Å². The van der Waals surface area contributed by atoms with E-state index in [0.717, 1.165) is 42.5 Å². The number of carbonyl (C=O) groups is 1. The van der Waals surface area contributed by atoms with Crippen LogP contribution in [0.2, 0.25) is 0 Å². The molecule has 2 rings (SSSR count). The molecule has 0 saturated heterocycles. The summed E-state index contributed by atoms with van der Waals surface area (Å²) >= 11 is 0. The van der Waals surface area contributed by atoms with Gasteiger partial charge in [0.25, 0.3) is 0 Å². The molecule has 2 aromatic rings. The van der Waals surface area contributed by atoms with Gasteiger partial charge in [0.15, 0.2) is 0 Å². The number of hydrogen-bond acceptors (Lipinski definition) is 4. The lowest BCUT2D eigenvalue weighted by Crippen LogP contribution is -2.14. The van der Waals surface area contributed by atoms with Crippen molar-refractivity contribution in [2.75, 3.05) is 13.2 Å². The molecule has 0 radical (unpaired) electrons. The third kappa shape index (κ3) is 4.04. The van der Waals surface area contributed by atoms with Crippen molar-refractivity contribution in [1.82, 2.24) is 14.9 Å². The Balaban J connectivity index is 2.13. The van der Waals surface area contributed by atoms with Crippen LogP contribution in [-0.4, -0.2) is 28.7 Å². The maximum Gasteiger partial charge on any atom is 0.326 e. The second kappa shape index (κ2) is 7.78. The number of ether oxygens (including phenoxy) is 1. The molecular formula is C16H23N3O2. The molecule has 0 aromatic carbocycles. The Kier molecular flexibility index (Phi) is 5.75. The normalized spacial score (nSPS) is 11.0. The van der Waals surface area contributed by atoms with Crippen molar-refractivity contribution in [2.24, 2.45) is 0 Å². The molecular weight excluding hydrogens is 266 g/mol. The highest BCUT2D eigenvalue weighted by Crippen LogP contribution is 2.19. The van der Waals surface area contributed by atoms with Crippen LogP contribution >= 0.6 is 0 Å². The van der Waals surface area contributed by atoms with Crippen LogP contribution in [-0.2, 0) is 22.6 Å². The zero-order valence-corrected chi connectivity index (χ0v) is 12.8. The molecule has 21 heavy (non-hydrogen) atoms. The largest absolute Gasteiger partial charge is 0.464 e. The lowest BCUT2D eigenvalue weighted by molar-refractivity contribution is -0.144. The Labute approximate surface area is 125 Å². The fraction of sp³-hybridized carbons (Fsp3) is 0.500. The van der Waals surface area contributed by atoms with Gasteiger partial charge in [0.1, 0.15) is 12.2 Å². The van der Waals surface area contributed by atoms with Gasteiger partial charge in [-0.15, -0.1) is 0 Å². The summed E-state index contributed by atoms with van der Waals surface area (Å²) in [4.78, 5) is 16.3. The van der Waals surface area contributed by atoms with Gasteiger partial charge in [-0.05, 0) is 30.7 Å². The van der Waals surface area contributed by atoms with Gasteiger partial charge in [-0.25, -0.2) is 4.98 Å². The molecule has 0 aliphatic rings. The molecule has 0 atom stereocenters. The molecule has 0 amide bonds. The van der Waals surface area contributed by atoms with E-state index in [1.807, 2.05) is 22.9 Å². The molecule has 2 aromatic heterocycles. The number of unbranched alkanes of at least 4 members (excludes halogenated alkanes) is 1. The van der Waals surface area contributed by atoms with E-state index in [9.17, 15) is 4.79 Å². The average Bonchev–Trinajstić information content (AvgIpc) is 2.84. The monoisotopic (exact) mass is 289 g/mol. The van der Waals surface area contributed by atoms with Crippen molar-refractivity contribution in [3.8, 4) is 0 Å². The van der Waals surface area contributed by atoms with Crippen LogP contribution < -0.4 is 5.32 Å². The van der Waals surface area contributed by atoms with Gasteiger partial charge in [0.05, 0.1) is 6.61 Å². The van der Waals surface area contributed by atoms with Crippen molar-refractivity contribution in [3.05, 3.63) is 30.1 Å². The van der Waals surface area contributed by atoms with Crippen LogP contribution in [0.1, 0.15) is 32.3 Å². The highest BCUT2D eigenvalue weighted by molar-refractivity contribution is 5.82. The van der Waals surface area contributed by atoms with Crippen molar-refractivity contribution in [1.29, 1.82) is 0 Å². The Morgan fingerprint density at radius 3 is 3.05 bits per heavy atom. The van der Waals surface area contributed by atoms with Gasteiger partial charge >= 0.3 is 5.97 Å². The number of aromatic nitrogens is 2. The Morgan fingerprint density at radius 2 is 2.29 bits per heavy atom. The zero-order chi connectivity index (χ0) is 15.1. The molecule has 1 N–H and O–H groups in total. The molecule has 114 valence electrons. The van der Waals surface area contributed by atoms with Crippen molar-refractivity contribution in [3.63, 3.8) is 0 Å². The molecule has 0 aliphatic carbocycles. The number of pyridine rings is 1. The Hall–Kier alpha value is -1.88. The molecule has 2 heterocycles. The minimum absolute atomic E-state index is 0.207. The fourth-order valence-electron chi connectivity index (χ4n) is 2.23. The van der Waals surface area contributed by atoms with E-state index >= 15 is 0 Å². The number of rotatable bonds is 8.